The van der Waals surface area contributed by atoms with Gasteiger partial charge in [0.2, 0.25) is 0 Å². The van der Waals surface area contributed by atoms with Crippen molar-refractivity contribution in [3.8, 4) is 5.75 Å². The van der Waals surface area contributed by atoms with Gasteiger partial charge in [-0.3, -0.25) is 4.79 Å². The fourth-order valence-corrected chi connectivity index (χ4v) is 3.33. The molecule has 1 aliphatic rings. The van der Waals surface area contributed by atoms with Gasteiger partial charge in [-0.05, 0) is 13.8 Å². The molecule has 0 bridgehead atoms. The van der Waals surface area contributed by atoms with Gasteiger partial charge in [-0.15, -0.1) is 11.3 Å². The molecule has 0 unspecified atom stereocenters. The molecule has 0 atom stereocenters. The number of nitrogens with zero attached hydrogens (tertiary/aromatic N) is 2. The van der Waals surface area contributed by atoms with E-state index in [0.29, 0.717) is 29.5 Å². The van der Waals surface area contributed by atoms with Crippen LogP contribution < -0.4 is 15.4 Å². The molecular weight excluding hydrogens is 290 g/mol. The summed E-state index contributed by atoms with van der Waals surface area (Å²) in [5.74, 6) is 0.535. The predicted molar refractivity (Wildman–Crippen MR) is 85.5 cm³/mol. The second-order valence-corrected chi connectivity index (χ2v) is 6.44. The van der Waals surface area contributed by atoms with E-state index in [2.05, 4.69) is 4.90 Å². The first-order valence-electron chi connectivity index (χ1n) is 7.05. The molecule has 1 saturated heterocycles. The number of morpholine rings is 1. The second kappa shape index (κ2) is 6.53. The molecule has 0 radical (unpaired) electrons. The monoisotopic (exact) mass is 313 g/mol. The molecule has 1 aromatic heterocycles. The van der Waals surface area contributed by atoms with Gasteiger partial charge in [0.05, 0.1) is 19.3 Å². The molecule has 2 N–H and O–H groups in total. The number of nitrogens with two attached hydrogens (primary N) is 1. The number of anilines is 2. The molecule has 0 saturated carbocycles. The van der Waals surface area contributed by atoms with Crippen molar-refractivity contribution in [1.82, 2.24) is 4.90 Å². The molecule has 21 heavy (non-hydrogen) atoms. The summed E-state index contributed by atoms with van der Waals surface area (Å²) in [5, 5.41) is 0.926. The number of thiophene rings is 1. The van der Waals surface area contributed by atoms with Crippen LogP contribution in [0, 0.1) is 0 Å². The molecule has 7 heteroatoms. The lowest BCUT2D eigenvalue weighted by Crippen LogP contribution is -2.36. The molecule has 118 valence electrons. The number of amides is 1. The third-order valence-electron chi connectivity index (χ3n) is 3.13. The maximum absolute atomic E-state index is 12.3. The normalized spacial score (nSPS) is 15.4. The fourth-order valence-electron chi connectivity index (χ4n) is 2.10. The SMILES string of the molecule is CC(C)Oc1c(N2CCOCC2)sc(C(=O)N(C)C)c1N. The van der Waals surface area contributed by atoms with Gasteiger partial charge in [-0.2, -0.15) is 0 Å². The Bertz CT molecular complexity index is 508. The Labute approximate surface area is 129 Å². The van der Waals surface area contributed by atoms with Gasteiger partial charge < -0.3 is 25.0 Å². The number of hydrogen-bond acceptors (Lipinski definition) is 6. The van der Waals surface area contributed by atoms with E-state index in [-0.39, 0.29) is 12.0 Å². The number of carbonyl (C=O) groups is 1. The molecule has 0 aromatic carbocycles. The van der Waals surface area contributed by atoms with Crippen molar-refractivity contribution in [3.05, 3.63) is 4.88 Å². The van der Waals surface area contributed by atoms with E-state index in [1.165, 1.54) is 16.2 Å². The van der Waals surface area contributed by atoms with Crippen molar-refractivity contribution < 1.29 is 14.3 Å². The van der Waals surface area contributed by atoms with Crippen LogP contribution >= 0.6 is 11.3 Å². The van der Waals surface area contributed by atoms with E-state index in [4.69, 9.17) is 15.2 Å². The number of rotatable bonds is 4. The molecule has 1 aromatic rings. The average molecular weight is 313 g/mol. The van der Waals surface area contributed by atoms with Crippen LogP contribution in [0.1, 0.15) is 23.5 Å². The van der Waals surface area contributed by atoms with E-state index >= 15 is 0 Å². The first kappa shape index (κ1) is 15.9. The topological polar surface area (TPSA) is 68.0 Å². The largest absolute Gasteiger partial charge is 0.486 e. The lowest BCUT2D eigenvalue weighted by Gasteiger charge is -2.28. The number of hydrogen-bond donors (Lipinski definition) is 1. The van der Waals surface area contributed by atoms with Gasteiger partial charge >= 0.3 is 0 Å². The van der Waals surface area contributed by atoms with E-state index in [1.54, 1.807) is 14.1 Å². The van der Waals surface area contributed by atoms with Crippen molar-refractivity contribution in [1.29, 1.82) is 0 Å². The summed E-state index contributed by atoms with van der Waals surface area (Å²) in [6.45, 7) is 6.82. The van der Waals surface area contributed by atoms with Gasteiger partial charge in [-0.1, -0.05) is 0 Å². The van der Waals surface area contributed by atoms with Crippen LogP contribution in [0.5, 0.6) is 5.75 Å². The minimum atomic E-state index is -0.0920. The van der Waals surface area contributed by atoms with E-state index in [1.807, 2.05) is 13.8 Å². The quantitative estimate of drug-likeness (QED) is 0.915. The van der Waals surface area contributed by atoms with Crippen LogP contribution in [0.3, 0.4) is 0 Å². The van der Waals surface area contributed by atoms with Crippen molar-refractivity contribution in [2.24, 2.45) is 0 Å². The summed E-state index contributed by atoms with van der Waals surface area (Å²) in [5.41, 5.74) is 6.62. The van der Waals surface area contributed by atoms with Gasteiger partial charge in [0, 0.05) is 27.2 Å². The van der Waals surface area contributed by atoms with Crippen molar-refractivity contribution in [2.45, 2.75) is 20.0 Å². The Morgan fingerprint density at radius 3 is 2.52 bits per heavy atom. The van der Waals surface area contributed by atoms with Crippen LogP contribution in [-0.2, 0) is 4.74 Å². The molecule has 0 spiro atoms. The highest BCUT2D eigenvalue weighted by molar-refractivity contribution is 7.19. The van der Waals surface area contributed by atoms with Crippen LogP contribution in [-0.4, -0.2) is 57.3 Å². The highest BCUT2D eigenvalue weighted by atomic mass is 32.1. The summed E-state index contributed by atoms with van der Waals surface area (Å²) < 4.78 is 11.3. The zero-order valence-corrected chi connectivity index (χ0v) is 13.8. The third-order valence-corrected chi connectivity index (χ3v) is 4.37. The maximum atomic E-state index is 12.3. The Morgan fingerprint density at radius 2 is 2.00 bits per heavy atom. The first-order valence-corrected chi connectivity index (χ1v) is 7.86. The lowest BCUT2D eigenvalue weighted by atomic mass is 10.3. The van der Waals surface area contributed by atoms with Gasteiger partial charge in [0.15, 0.2) is 5.75 Å². The Kier molecular flexibility index (Phi) is 4.95. The molecule has 1 fully saturated rings. The van der Waals surface area contributed by atoms with E-state index in [9.17, 15) is 4.79 Å². The van der Waals surface area contributed by atoms with E-state index < -0.39 is 0 Å². The van der Waals surface area contributed by atoms with Crippen LogP contribution in [0.25, 0.3) is 0 Å². The first-order chi connectivity index (χ1) is 9.91. The molecule has 0 aliphatic carbocycles. The average Bonchev–Trinajstić information content (AvgIpc) is 2.76. The molecular formula is C14H23N3O3S. The molecule has 2 heterocycles. The highest BCUT2D eigenvalue weighted by Gasteiger charge is 2.27. The molecule has 2 rings (SSSR count). The van der Waals surface area contributed by atoms with Crippen LogP contribution in [0.4, 0.5) is 10.7 Å². The lowest BCUT2D eigenvalue weighted by molar-refractivity contribution is 0.0832. The second-order valence-electron chi connectivity index (χ2n) is 5.44. The number of nitrogen functional groups attached to an aromatic ring is 1. The van der Waals surface area contributed by atoms with E-state index in [0.717, 1.165) is 18.1 Å². The summed E-state index contributed by atoms with van der Waals surface area (Å²) in [4.78, 5) is 16.5. The molecule has 1 amide bonds. The van der Waals surface area contributed by atoms with Gasteiger partial charge in [0.1, 0.15) is 15.6 Å². The minimum Gasteiger partial charge on any atom is -0.486 e. The summed E-state index contributed by atoms with van der Waals surface area (Å²) in [6.07, 6.45) is 0.00370. The number of ether oxygens (including phenoxy) is 2. The Morgan fingerprint density at radius 1 is 1.38 bits per heavy atom. The summed E-state index contributed by atoms with van der Waals surface area (Å²) in [7, 11) is 3.44. The number of carbonyl (C=O) groups excluding carboxylic acids is 1. The summed E-state index contributed by atoms with van der Waals surface area (Å²) >= 11 is 1.40. The Hall–Kier alpha value is -1.47. The predicted octanol–water partition coefficient (Wildman–Crippen LogP) is 1.66. The Balaban J connectivity index is 2.41. The van der Waals surface area contributed by atoms with Gasteiger partial charge in [-0.25, -0.2) is 0 Å². The standard InChI is InChI=1S/C14H23N3O3S/c1-9(2)20-11-10(15)12(13(18)16(3)4)21-14(11)17-5-7-19-8-6-17/h9H,5-8,15H2,1-4H3. The molecule has 6 nitrogen and oxygen atoms in total. The zero-order chi connectivity index (χ0) is 15.6. The fraction of sp³-hybridized carbons (Fsp3) is 0.643. The van der Waals surface area contributed by atoms with Gasteiger partial charge in [0.25, 0.3) is 5.91 Å². The van der Waals surface area contributed by atoms with Crippen molar-refractivity contribution in [3.63, 3.8) is 0 Å². The van der Waals surface area contributed by atoms with Crippen molar-refractivity contribution >= 4 is 27.9 Å². The minimum absolute atomic E-state index is 0.00370. The smallest absolute Gasteiger partial charge is 0.265 e. The zero-order valence-electron chi connectivity index (χ0n) is 13.0. The summed E-state index contributed by atoms with van der Waals surface area (Å²) in [6, 6.07) is 0. The van der Waals surface area contributed by atoms with Crippen LogP contribution in [0.15, 0.2) is 0 Å². The highest BCUT2D eigenvalue weighted by Crippen LogP contribution is 2.45. The van der Waals surface area contributed by atoms with Crippen molar-refractivity contribution in [2.75, 3.05) is 51.0 Å². The third kappa shape index (κ3) is 3.41. The maximum Gasteiger partial charge on any atom is 0.265 e. The van der Waals surface area contributed by atoms with Crippen LogP contribution in [0.2, 0.25) is 0 Å². The molecule has 1 aliphatic heterocycles.